The molecular weight excluding hydrogens is 608 g/mol. The molecule has 12 nitrogen and oxygen atoms in total. The van der Waals surface area contributed by atoms with Gasteiger partial charge in [-0.15, -0.1) is 0 Å². The largest absolute Gasteiger partial charge is 0.354 e. The first kappa shape index (κ1) is 35.7. The first-order chi connectivity index (χ1) is 23.3. The van der Waals surface area contributed by atoms with Crippen molar-refractivity contribution in [3.63, 3.8) is 0 Å². The number of carbonyl (C=O) groups is 4. The third-order valence-electron chi connectivity index (χ3n) is 10.4. The van der Waals surface area contributed by atoms with E-state index in [9.17, 15) is 19.2 Å². The van der Waals surface area contributed by atoms with Gasteiger partial charge in [0.25, 0.3) is 0 Å². The molecule has 12 heteroatoms. The number of likely N-dealkylation sites (N-methyl/N-ethyl adjacent to an activating group) is 1. The highest BCUT2D eigenvalue weighted by Gasteiger charge is 2.43. The number of fused-ring (bicyclic) bond motifs is 1. The number of benzene rings is 1. The maximum absolute atomic E-state index is 14.0. The number of aryl methyl sites for hydroxylation is 1. The Bertz CT molecular complexity index is 1340. The molecule has 0 spiro atoms. The average molecular weight is 663 g/mol. The van der Waals surface area contributed by atoms with E-state index in [0.29, 0.717) is 63.9 Å². The fourth-order valence-corrected chi connectivity index (χ4v) is 7.40. The standard InChI is InChI=1S/C36H54N8O4/c1-26-10-12-27(13-11-26)24-30(40-34(46)17-19-43-22-20-42(2)21-23-43)32(45)9-5-7-28-6-3-4-8-29-14-15-31(44(29)36(28)48)35(47)37-18-16-33-38-25-39-41-33/h10-13,25,28-31H,3-9,14-24H2,1-2H3,(H,37,47)(H,40,46)(H,38,39,41). The summed E-state index contributed by atoms with van der Waals surface area (Å²) in [4.78, 5) is 64.5. The van der Waals surface area contributed by atoms with Crippen molar-refractivity contribution in [2.24, 2.45) is 5.92 Å². The Kier molecular flexibility index (Phi) is 13.1. The Morgan fingerprint density at radius 3 is 2.52 bits per heavy atom. The first-order valence-electron chi connectivity index (χ1n) is 18.0. The molecule has 3 aliphatic rings. The molecule has 48 heavy (non-hydrogen) atoms. The van der Waals surface area contributed by atoms with Crippen LogP contribution in [-0.4, -0.2) is 118 Å². The Balaban J connectivity index is 1.15. The average Bonchev–Trinajstić information content (AvgIpc) is 3.75. The SMILES string of the molecule is Cc1ccc(CC(NC(=O)CCN2CCN(C)CC2)C(=O)CCCC2CCCCC3CCC(C(=O)NCCc4ncn[nH]4)N3C2=O)cc1. The number of aromatic nitrogens is 3. The third-order valence-corrected chi connectivity index (χ3v) is 10.4. The summed E-state index contributed by atoms with van der Waals surface area (Å²) in [6.45, 7) is 7.03. The third kappa shape index (κ3) is 10.2. The molecule has 4 heterocycles. The van der Waals surface area contributed by atoms with E-state index in [2.05, 4.69) is 42.7 Å². The molecule has 3 saturated heterocycles. The Morgan fingerprint density at radius 1 is 1.00 bits per heavy atom. The highest BCUT2D eigenvalue weighted by atomic mass is 16.2. The zero-order valence-corrected chi connectivity index (χ0v) is 28.8. The molecule has 5 rings (SSSR count). The molecule has 3 aliphatic heterocycles. The Morgan fingerprint density at radius 2 is 1.77 bits per heavy atom. The van der Waals surface area contributed by atoms with Crippen LogP contribution in [0.1, 0.15) is 81.2 Å². The molecule has 0 saturated carbocycles. The van der Waals surface area contributed by atoms with Gasteiger partial charge in [0.2, 0.25) is 17.7 Å². The molecule has 3 fully saturated rings. The van der Waals surface area contributed by atoms with Gasteiger partial charge in [0.05, 0.1) is 6.04 Å². The number of ketones is 1. The number of piperazine rings is 1. The van der Waals surface area contributed by atoms with E-state index >= 15 is 0 Å². The van der Waals surface area contributed by atoms with Crippen LogP contribution in [0.5, 0.6) is 0 Å². The lowest BCUT2D eigenvalue weighted by Crippen LogP contribution is -2.51. The Hall–Kier alpha value is -3.64. The smallest absolute Gasteiger partial charge is 0.242 e. The van der Waals surface area contributed by atoms with Crippen LogP contribution in [0, 0.1) is 12.8 Å². The minimum Gasteiger partial charge on any atom is -0.354 e. The van der Waals surface area contributed by atoms with Gasteiger partial charge in [0.1, 0.15) is 18.2 Å². The van der Waals surface area contributed by atoms with Gasteiger partial charge in [0, 0.05) is 70.5 Å². The Labute approximate surface area is 284 Å². The van der Waals surface area contributed by atoms with Gasteiger partial charge in [-0.3, -0.25) is 24.3 Å². The predicted octanol–water partition coefficient (Wildman–Crippen LogP) is 2.43. The maximum atomic E-state index is 14.0. The number of nitrogens with zero attached hydrogens (tertiary/aromatic N) is 5. The van der Waals surface area contributed by atoms with Crippen molar-refractivity contribution in [2.45, 2.75) is 102 Å². The predicted molar refractivity (Wildman–Crippen MR) is 183 cm³/mol. The minimum absolute atomic E-state index is 0.00451. The summed E-state index contributed by atoms with van der Waals surface area (Å²) in [6, 6.07) is 7.13. The molecule has 3 amide bonds. The summed E-state index contributed by atoms with van der Waals surface area (Å²) in [6.07, 6.45) is 9.49. The summed E-state index contributed by atoms with van der Waals surface area (Å²) >= 11 is 0. The first-order valence-corrected chi connectivity index (χ1v) is 18.0. The van der Waals surface area contributed by atoms with Crippen molar-refractivity contribution < 1.29 is 19.2 Å². The second kappa shape index (κ2) is 17.7. The molecule has 0 radical (unpaired) electrons. The van der Waals surface area contributed by atoms with E-state index in [1.54, 1.807) is 0 Å². The second-order valence-corrected chi connectivity index (χ2v) is 14.0. The summed E-state index contributed by atoms with van der Waals surface area (Å²) in [7, 11) is 2.11. The molecular formula is C36H54N8O4. The highest BCUT2D eigenvalue weighted by molar-refractivity contribution is 5.90. The van der Waals surface area contributed by atoms with Crippen LogP contribution in [-0.2, 0) is 32.0 Å². The number of aromatic amines is 1. The van der Waals surface area contributed by atoms with Gasteiger partial charge in [-0.05, 0) is 64.5 Å². The molecule has 0 bridgehead atoms. The summed E-state index contributed by atoms with van der Waals surface area (Å²) in [5.74, 6) is 0.347. The zero-order valence-electron chi connectivity index (χ0n) is 28.8. The van der Waals surface area contributed by atoms with Crippen molar-refractivity contribution in [1.29, 1.82) is 0 Å². The minimum atomic E-state index is -0.603. The zero-order chi connectivity index (χ0) is 33.9. The van der Waals surface area contributed by atoms with Crippen LogP contribution in [0.25, 0.3) is 0 Å². The summed E-state index contributed by atoms with van der Waals surface area (Å²) in [5.41, 5.74) is 2.16. The molecule has 0 aliphatic carbocycles. The summed E-state index contributed by atoms with van der Waals surface area (Å²) < 4.78 is 0. The van der Waals surface area contributed by atoms with Crippen LogP contribution in [0.3, 0.4) is 0 Å². The topological polar surface area (TPSA) is 144 Å². The van der Waals surface area contributed by atoms with E-state index in [1.165, 1.54) is 6.33 Å². The van der Waals surface area contributed by atoms with Crippen molar-refractivity contribution in [1.82, 2.24) is 40.5 Å². The number of hydrogen-bond donors (Lipinski definition) is 3. The van der Waals surface area contributed by atoms with Gasteiger partial charge >= 0.3 is 0 Å². The number of amides is 3. The van der Waals surface area contributed by atoms with Crippen LogP contribution in [0.15, 0.2) is 30.6 Å². The highest BCUT2D eigenvalue weighted by Crippen LogP contribution is 2.34. The van der Waals surface area contributed by atoms with Crippen LogP contribution >= 0.6 is 0 Å². The molecule has 262 valence electrons. The fourth-order valence-electron chi connectivity index (χ4n) is 7.40. The summed E-state index contributed by atoms with van der Waals surface area (Å²) in [5, 5.41) is 12.7. The van der Waals surface area contributed by atoms with Crippen molar-refractivity contribution >= 4 is 23.5 Å². The van der Waals surface area contributed by atoms with Crippen molar-refractivity contribution in [3.8, 4) is 0 Å². The van der Waals surface area contributed by atoms with Crippen molar-refractivity contribution in [2.75, 3.05) is 46.3 Å². The lowest BCUT2D eigenvalue weighted by atomic mass is 9.89. The molecule has 4 unspecified atom stereocenters. The van der Waals surface area contributed by atoms with Gasteiger partial charge < -0.3 is 25.3 Å². The van der Waals surface area contributed by atoms with Crippen LogP contribution in [0.4, 0.5) is 0 Å². The molecule has 1 aromatic carbocycles. The second-order valence-electron chi connectivity index (χ2n) is 14.0. The lowest BCUT2D eigenvalue weighted by molar-refractivity contribution is -0.145. The number of nitrogens with one attached hydrogen (secondary N) is 3. The van der Waals surface area contributed by atoms with E-state index < -0.39 is 12.1 Å². The number of hydrogen-bond acceptors (Lipinski definition) is 8. The van der Waals surface area contributed by atoms with E-state index in [0.717, 1.165) is 69.4 Å². The molecule has 1 aromatic heterocycles. The number of Topliss-reactive ketones (excluding diaryl/α,β-unsaturated/α-hetero) is 1. The van der Waals surface area contributed by atoms with Crippen LogP contribution < -0.4 is 10.6 Å². The lowest BCUT2D eigenvalue weighted by Gasteiger charge is -2.35. The number of carbonyl (C=O) groups excluding carboxylic acids is 4. The van der Waals surface area contributed by atoms with E-state index in [4.69, 9.17) is 0 Å². The molecule has 2 aromatic rings. The number of H-pyrrole nitrogens is 1. The van der Waals surface area contributed by atoms with Gasteiger partial charge in [0.15, 0.2) is 5.78 Å². The number of rotatable bonds is 15. The van der Waals surface area contributed by atoms with Gasteiger partial charge in [-0.1, -0.05) is 42.7 Å². The van der Waals surface area contributed by atoms with Gasteiger partial charge in [-0.25, -0.2) is 4.98 Å². The van der Waals surface area contributed by atoms with E-state index in [-0.39, 0.29) is 35.5 Å². The normalized spacial score (nSPS) is 22.8. The van der Waals surface area contributed by atoms with Gasteiger partial charge in [-0.2, -0.15) is 5.10 Å². The van der Waals surface area contributed by atoms with E-state index in [1.807, 2.05) is 36.1 Å². The molecule has 4 atom stereocenters. The fraction of sp³-hybridized carbons (Fsp3) is 0.667. The van der Waals surface area contributed by atoms with Crippen LogP contribution in [0.2, 0.25) is 0 Å². The molecule has 3 N–H and O–H groups in total. The van der Waals surface area contributed by atoms with Crippen molar-refractivity contribution in [3.05, 3.63) is 47.5 Å². The maximum Gasteiger partial charge on any atom is 0.242 e. The monoisotopic (exact) mass is 662 g/mol. The quantitative estimate of drug-likeness (QED) is 0.264.